The lowest BCUT2D eigenvalue weighted by molar-refractivity contribution is -0.384. The second-order valence-electron chi connectivity index (χ2n) is 4.67. The number of hydrogen-bond acceptors (Lipinski definition) is 6. The third kappa shape index (κ3) is 2.64. The Labute approximate surface area is 129 Å². The summed E-state index contributed by atoms with van der Waals surface area (Å²) in [5.74, 6) is -0.652. The molecule has 0 fully saturated rings. The van der Waals surface area contributed by atoms with Gasteiger partial charge >= 0.3 is 0 Å². The number of nitrogens with one attached hydrogen (secondary N) is 1. The largest absolute Gasteiger partial charge is 0.507 e. The van der Waals surface area contributed by atoms with Crippen molar-refractivity contribution in [3.63, 3.8) is 0 Å². The maximum Gasteiger partial charge on any atom is 0.269 e. The Morgan fingerprint density at radius 1 is 1.09 bits per heavy atom. The number of nitro benzene ring substituents is 1. The van der Waals surface area contributed by atoms with Crippen LogP contribution in [0.25, 0.3) is 11.3 Å². The molecule has 0 unspecified atom stereocenters. The van der Waals surface area contributed by atoms with E-state index in [1.54, 1.807) is 12.1 Å². The highest BCUT2D eigenvalue weighted by atomic mass is 16.6. The summed E-state index contributed by atoms with van der Waals surface area (Å²) in [6.45, 7) is 0. The fourth-order valence-corrected chi connectivity index (χ4v) is 2.12. The zero-order valence-corrected chi connectivity index (χ0v) is 11.6. The standard InChI is InChI=1S/C15H10N4O4/c20-12-4-2-1-3-11(12)15(21)14-13(16-18-17-14)9-5-7-10(8-6-9)19(22)23/h1-8,20H,(H,16,17,18). The van der Waals surface area contributed by atoms with Crippen LogP contribution in [0.5, 0.6) is 5.75 Å². The zero-order valence-electron chi connectivity index (χ0n) is 11.6. The number of carbonyl (C=O) groups is 1. The maximum absolute atomic E-state index is 12.5. The summed E-state index contributed by atoms with van der Waals surface area (Å²) in [7, 11) is 0. The molecule has 1 aromatic heterocycles. The molecule has 8 nitrogen and oxygen atoms in total. The minimum absolute atomic E-state index is 0.0281. The SMILES string of the molecule is O=C(c1ccccc1O)c1n[nH]nc1-c1ccc([N+](=O)[O-])cc1. The Kier molecular flexibility index (Phi) is 3.55. The molecule has 8 heteroatoms. The van der Waals surface area contributed by atoms with Crippen molar-refractivity contribution in [2.75, 3.05) is 0 Å². The molecule has 114 valence electrons. The predicted octanol–water partition coefficient (Wildman–Crippen LogP) is 2.32. The number of benzene rings is 2. The van der Waals surface area contributed by atoms with E-state index in [1.807, 2.05) is 0 Å². The Morgan fingerprint density at radius 3 is 2.43 bits per heavy atom. The van der Waals surface area contributed by atoms with Crippen molar-refractivity contribution in [3.05, 3.63) is 69.9 Å². The molecule has 0 aliphatic carbocycles. The molecule has 3 aromatic rings. The van der Waals surface area contributed by atoms with Gasteiger partial charge in [0.05, 0.1) is 10.5 Å². The summed E-state index contributed by atoms with van der Waals surface area (Å²) < 4.78 is 0. The topological polar surface area (TPSA) is 122 Å². The van der Waals surface area contributed by atoms with Crippen LogP contribution in [-0.4, -0.2) is 31.2 Å². The number of nitro groups is 1. The molecule has 23 heavy (non-hydrogen) atoms. The quantitative estimate of drug-likeness (QED) is 0.433. The third-order valence-electron chi connectivity index (χ3n) is 3.26. The molecule has 3 rings (SSSR count). The van der Waals surface area contributed by atoms with Gasteiger partial charge in [-0.3, -0.25) is 14.9 Å². The van der Waals surface area contributed by atoms with Gasteiger partial charge in [-0.05, 0) is 24.3 Å². The highest BCUT2D eigenvalue weighted by Gasteiger charge is 2.22. The Hall–Kier alpha value is -3.55. The van der Waals surface area contributed by atoms with Crippen LogP contribution in [0.3, 0.4) is 0 Å². The first-order valence-corrected chi connectivity index (χ1v) is 6.56. The molecule has 0 spiro atoms. The lowest BCUT2D eigenvalue weighted by Gasteiger charge is -2.03. The molecule has 0 atom stereocenters. The van der Waals surface area contributed by atoms with Crippen LogP contribution in [-0.2, 0) is 0 Å². The first-order chi connectivity index (χ1) is 11.1. The van der Waals surface area contributed by atoms with E-state index in [9.17, 15) is 20.0 Å². The van der Waals surface area contributed by atoms with Crippen molar-refractivity contribution in [2.24, 2.45) is 0 Å². The van der Waals surface area contributed by atoms with Crippen molar-refractivity contribution in [1.29, 1.82) is 0 Å². The average Bonchev–Trinajstić information content (AvgIpc) is 3.04. The van der Waals surface area contributed by atoms with E-state index >= 15 is 0 Å². The fourth-order valence-electron chi connectivity index (χ4n) is 2.12. The van der Waals surface area contributed by atoms with Crippen LogP contribution in [0, 0.1) is 10.1 Å². The molecule has 0 saturated carbocycles. The molecule has 0 aliphatic rings. The monoisotopic (exact) mass is 310 g/mol. The van der Waals surface area contributed by atoms with Gasteiger partial charge < -0.3 is 5.11 Å². The minimum atomic E-state index is -0.513. The van der Waals surface area contributed by atoms with Crippen molar-refractivity contribution in [1.82, 2.24) is 15.4 Å². The molecule has 0 bridgehead atoms. The van der Waals surface area contributed by atoms with Gasteiger partial charge in [-0.2, -0.15) is 15.4 Å². The fraction of sp³-hybridized carbons (Fsp3) is 0. The van der Waals surface area contributed by atoms with E-state index in [1.165, 1.54) is 36.4 Å². The van der Waals surface area contributed by atoms with Crippen LogP contribution >= 0.6 is 0 Å². The number of nitrogens with zero attached hydrogens (tertiary/aromatic N) is 3. The summed E-state index contributed by atoms with van der Waals surface area (Å²) >= 11 is 0. The number of phenols is 1. The molecular weight excluding hydrogens is 300 g/mol. The molecule has 2 aromatic carbocycles. The van der Waals surface area contributed by atoms with Gasteiger partial charge in [0.25, 0.3) is 5.69 Å². The van der Waals surface area contributed by atoms with E-state index in [0.717, 1.165) is 0 Å². The van der Waals surface area contributed by atoms with Crippen molar-refractivity contribution in [3.8, 4) is 17.0 Å². The lowest BCUT2D eigenvalue weighted by Crippen LogP contribution is -2.04. The second-order valence-corrected chi connectivity index (χ2v) is 4.67. The van der Waals surface area contributed by atoms with Crippen LogP contribution in [0.2, 0.25) is 0 Å². The summed E-state index contributed by atoms with van der Waals surface area (Å²) in [5, 5.41) is 30.6. The number of carbonyl (C=O) groups excluding carboxylic acids is 1. The number of aromatic amines is 1. The Morgan fingerprint density at radius 2 is 1.78 bits per heavy atom. The smallest absolute Gasteiger partial charge is 0.269 e. The number of hydrogen-bond donors (Lipinski definition) is 2. The minimum Gasteiger partial charge on any atom is -0.507 e. The molecule has 2 N–H and O–H groups in total. The van der Waals surface area contributed by atoms with E-state index in [4.69, 9.17) is 0 Å². The van der Waals surface area contributed by atoms with Crippen LogP contribution in [0.1, 0.15) is 16.1 Å². The van der Waals surface area contributed by atoms with Crippen LogP contribution in [0.15, 0.2) is 48.5 Å². The molecular formula is C15H10N4O4. The summed E-state index contributed by atoms with van der Waals surface area (Å²) in [4.78, 5) is 22.7. The van der Waals surface area contributed by atoms with Gasteiger partial charge in [0.15, 0.2) is 5.69 Å². The molecule has 0 saturated heterocycles. The number of para-hydroxylation sites is 1. The Bertz CT molecular complexity index is 887. The number of H-pyrrole nitrogens is 1. The Balaban J connectivity index is 2.01. The summed E-state index contributed by atoms with van der Waals surface area (Å²) in [6.07, 6.45) is 0. The van der Waals surface area contributed by atoms with E-state index in [-0.39, 0.29) is 28.4 Å². The number of non-ortho nitro benzene ring substituents is 1. The average molecular weight is 310 g/mol. The number of aromatic hydroxyl groups is 1. The van der Waals surface area contributed by atoms with Gasteiger partial charge in [-0.25, -0.2) is 0 Å². The number of aromatic nitrogens is 3. The highest BCUT2D eigenvalue weighted by Crippen LogP contribution is 2.26. The van der Waals surface area contributed by atoms with Crippen LogP contribution in [0.4, 0.5) is 5.69 Å². The summed E-state index contributed by atoms with van der Waals surface area (Å²) in [5.41, 5.74) is 0.826. The van der Waals surface area contributed by atoms with Gasteiger partial charge in [0, 0.05) is 17.7 Å². The number of rotatable bonds is 4. The maximum atomic E-state index is 12.5. The highest BCUT2D eigenvalue weighted by molar-refractivity contribution is 6.12. The van der Waals surface area contributed by atoms with E-state index < -0.39 is 10.7 Å². The molecule has 1 heterocycles. The summed E-state index contributed by atoms with van der Waals surface area (Å²) in [6, 6.07) is 11.7. The first kappa shape index (κ1) is 14.4. The lowest BCUT2D eigenvalue weighted by atomic mass is 10.0. The van der Waals surface area contributed by atoms with Gasteiger partial charge in [0.1, 0.15) is 11.4 Å². The van der Waals surface area contributed by atoms with Gasteiger partial charge in [0.2, 0.25) is 5.78 Å². The normalized spacial score (nSPS) is 10.4. The third-order valence-corrected chi connectivity index (χ3v) is 3.26. The first-order valence-electron chi connectivity index (χ1n) is 6.56. The zero-order chi connectivity index (χ0) is 16.4. The van der Waals surface area contributed by atoms with Crippen molar-refractivity contribution in [2.45, 2.75) is 0 Å². The van der Waals surface area contributed by atoms with Crippen LogP contribution < -0.4 is 0 Å². The van der Waals surface area contributed by atoms with E-state index in [2.05, 4.69) is 15.4 Å². The molecule has 0 aliphatic heterocycles. The van der Waals surface area contributed by atoms with Crippen molar-refractivity contribution < 1.29 is 14.8 Å². The number of ketones is 1. The molecule has 0 radical (unpaired) electrons. The van der Waals surface area contributed by atoms with Gasteiger partial charge in [-0.1, -0.05) is 12.1 Å². The second kappa shape index (κ2) is 5.68. The van der Waals surface area contributed by atoms with E-state index in [0.29, 0.717) is 5.56 Å². The molecule has 0 amide bonds. The number of phenolic OH excluding ortho intramolecular Hbond substituents is 1. The van der Waals surface area contributed by atoms with Gasteiger partial charge in [-0.15, -0.1) is 0 Å². The van der Waals surface area contributed by atoms with Crippen molar-refractivity contribution >= 4 is 11.5 Å². The predicted molar refractivity (Wildman–Crippen MR) is 80.0 cm³/mol.